The Bertz CT molecular complexity index is 365. The molecule has 0 spiro atoms. The SMILES string of the molecule is CNC(=O)CCNc1ncc([N+](=O)[O-])s1. The van der Waals surface area contributed by atoms with E-state index in [4.69, 9.17) is 0 Å². The summed E-state index contributed by atoms with van der Waals surface area (Å²) in [4.78, 5) is 24.5. The Hall–Kier alpha value is -1.70. The number of amides is 1. The third-order valence-electron chi connectivity index (χ3n) is 1.58. The lowest BCUT2D eigenvalue weighted by molar-refractivity contribution is -0.380. The third-order valence-corrected chi connectivity index (χ3v) is 2.49. The maximum atomic E-state index is 10.8. The molecule has 1 amide bonds. The van der Waals surface area contributed by atoms with Gasteiger partial charge < -0.3 is 10.6 Å². The fourth-order valence-electron chi connectivity index (χ4n) is 0.840. The predicted molar refractivity (Wildman–Crippen MR) is 55.9 cm³/mol. The van der Waals surface area contributed by atoms with Gasteiger partial charge in [-0.25, -0.2) is 4.98 Å². The van der Waals surface area contributed by atoms with Crippen LogP contribution in [0.4, 0.5) is 10.1 Å². The zero-order valence-electron chi connectivity index (χ0n) is 8.02. The second-order valence-corrected chi connectivity index (χ2v) is 3.62. The van der Waals surface area contributed by atoms with Crippen LogP contribution in [-0.4, -0.2) is 29.4 Å². The normalized spacial score (nSPS) is 9.67. The molecular formula is C7H10N4O3S. The Morgan fingerprint density at radius 2 is 2.47 bits per heavy atom. The van der Waals surface area contributed by atoms with Gasteiger partial charge in [0, 0.05) is 20.0 Å². The van der Waals surface area contributed by atoms with Gasteiger partial charge in [0.15, 0.2) is 5.13 Å². The highest BCUT2D eigenvalue weighted by Gasteiger charge is 2.10. The molecule has 1 aromatic heterocycles. The molecule has 0 radical (unpaired) electrons. The van der Waals surface area contributed by atoms with E-state index in [9.17, 15) is 14.9 Å². The molecule has 7 nitrogen and oxygen atoms in total. The number of aromatic nitrogens is 1. The summed E-state index contributed by atoms with van der Waals surface area (Å²) in [6.07, 6.45) is 1.50. The minimum atomic E-state index is -0.498. The molecule has 0 atom stereocenters. The van der Waals surface area contributed by atoms with Gasteiger partial charge in [-0.3, -0.25) is 14.9 Å². The number of hydrogen-bond donors (Lipinski definition) is 2. The van der Waals surface area contributed by atoms with Crippen LogP contribution < -0.4 is 10.6 Å². The van der Waals surface area contributed by atoms with E-state index < -0.39 is 4.92 Å². The lowest BCUT2D eigenvalue weighted by Gasteiger charge is -2.00. The fourth-order valence-corrected chi connectivity index (χ4v) is 1.50. The van der Waals surface area contributed by atoms with Gasteiger partial charge >= 0.3 is 5.00 Å². The highest BCUT2D eigenvalue weighted by Crippen LogP contribution is 2.24. The van der Waals surface area contributed by atoms with Gasteiger partial charge in [-0.1, -0.05) is 0 Å². The summed E-state index contributed by atoms with van der Waals surface area (Å²) < 4.78 is 0. The second-order valence-electron chi connectivity index (χ2n) is 2.61. The molecule has 8 heteroatoms. The minimum absolute atomic E-state index is 0.0163. The van der Waals surface area contributed by atoms with Gasteiger partial charge in [0.2, 0.25) is 5.91 Å². The van der Waals surface area contributed by atoms with E-state index in [0.29, 0.717) is 18.1 Å². The first-order valence-electron chi connectivity index (χ1n) is 4.18. The summed E-state index contributed by atoms with van der Waals surface area (Å²) >= 11 is 0.947. The van der Waals surface area contributed by atoms with Crippen LogP contribution in [-0.2, 0) is 4.79 Å². The van der Waals surface area contributed by atoms with Crippen LogP contribution in [0.15, 0.2) is 6.20 Å². The monoisotopic (exact) mass is 230 g/mol. The van der Waals surface area contributed by atoms with E-state index in [2.05, 4.69) is 15.6 Å². The highest BCUT2D eigenvalue weighted by molar-refractivity contribution is 7.18. The van der Waals surface area contributed by atoms with Crippen molar-refractivity contribution < 1.29 is 9.72 Å². The van der Waals surface area contributed by atoms with E-state index in [1.165, 1.54) is 6.20 Å². The zero-order chi connectivity index (χ0) is 11.3. The summed E-state index contributed by atoms with van der Waals surface area (Å²) in [5, 5.41) is 16.1. The molecule has 0 unspecified atom stereocenters. The van der Waals surface area contributed by atoms with E-state index in [1.807, 2.05) is 0 Å². The molecule has 0 aromatic carbocycles. The van der Waals surface area contributed by atoms with E-state index in [1.54, 1.807) is 7.05 Å². The van der Waals surface area contributed by atoms with E-state index >= 15 is 0 Å². The lowest BCUT2D eigenvalue weighted by Crippen LogP contribution is -2.20. The summed E-state index contributed by atoms with van der Waals surface area (Å²) in [6.45, 7) is 0.407. The van der Waals surface area contributed by atoms with Crippen molar-refractivity contribution >= 4 is 27.4 Å². The molecule has 0 fully saturated rings. The quantitative estimate of drug-likeness (QED) is 0.570. The standard InChI is InChI=1S/C7H10N4O3S/c1-8-5(12)2-3-9-7-10-4-6(15-7)11(13)14/h4H,2-3H2,1H3,(H,8,12)(H,9,10). The van der Waals surface area contributed by atoms with Crippen molar-refractivity contribution in [3.05, 3.63) is 16.3 Å². The Labute approximate surface area is 89.7 Å². The summed E-state index contributed by atoms with van der Waals surface area (Å²) in [5.74, 6) is -0.0893. The number of carbonyl (C=O) groups excluding carboxylic acids is 1. The van der Waals surface area contributed by atoms with E-state index in [0.717, 1.165) is 11.3 Å². The van der Waals surface area contributed by atoms with Crippen molar-refractivity contribution in [3.63, 3.8) is 0 Å². The van der Waals surface area contributed by atoms with Crippen molar-refractivity contribution in [2.24, 2.45) is 0 Å². The predicted octanol–water partition coefficient (Wildman–Crippen LogP) is 0.599. The Kier molecular flexibility index (Phi) is 3.98. The molecule has 1 aromatic rings. The number of carbonyl (C=O) groups is 1. The topological polar surface area (TPSA) is 97.2 Å². The van der Waals surface area contributed by atoms with Crippen molar-refractivity contribution in [1.82, 2.24) is 10.3 Å². The number of nitro groups is 1. The second kappa shape index (κ2) is 5.25. The molecule has 15 heavy (non-hydrogen) atoms. The van der Waals surface area contributed by atoms with Crippen LogP contribution in [0.5, 0.6) is 0 Å². The fraction of sp³-hybridized carbons (Fsp3) is 0.429. The number of nitrogens with zero attached hydrogens (tertiary/aromatic N) is 2. The van der Waals surface area contributed by atoms with Gasteiger partial charge in [-0.2, -0.15) is 0 Å². The van der Waals surface area contributed by atoms with Crippen molar-refractivity contribution in [3.8, 4) is 0 Å². The highest BCUT2D eigenvalue weighted by atomic mass is 32.1. The number of rotatable bonds is 5. The van der Waals surface area contributed by atoms with Gasteiger partial charge in [0.1, 0.15) is 6.20 Å². The molecule has 0 saturated heterocycles. The first-order chi connectivity index (χ1) is 7.13. The Balaban J connectivity index is 2.38. The van der Waals surface area contributed by atoms with Crippen molar-refractivity contribution in [1.29, 1.82) is 0 Å². The first kappa shape index (κ1) is 11.4. The minimum Gasteiger partial charge on any atom is -0.361 e. The average molecular weight is 230 g/mol. The van der Waals surface area contributed by atoms with Gasteiger partial charge in [0.25, 0.3) is 0 Å². The van der Waals surface area contributed by atoms with Crippen molar-refractivity contribution in [2.75, 3.05) is 18.9 Å². The van der Waals surface area contributed by atoms with E-state index in [-0.39, 0.29) is 10.9 Å². The summed E-state index contributed by atoms with van der Waals surface area (Å²) in [7, 11) is 1.55. The Morgan fingerprint density at radius 3 is 3.00 bits per heavy atom. The molecule has 0 saturated carbocycles. The number of thiazole rings is 1. The summed E-state index contributed by atoms with van der Waals surface area (Å²) in [6, 6.07) is 0. The summed E-state index contributed by atoms with van der Waals surface area (Å²) in [5.41, 5.74) is 0. The molecule has 0 bridgehead atoms. The molecule has 0 aliphatic heterocycles. The molecule has 1 rings (SSSR count). The van der Waals surface area contributed by atoms with Gasteiger partial charge in [-0.05, 0) is 11.3 Å². The van der Waals surface area contributed by atoms with Crippen LogP contribution >= 0.6 is 11.3 Å². The molecule has 2 N–H and O–H groups in total. The number of hydrogen-bond acceptors (Lipinski definition) is 6. The molecule has 0 aliphatic rings. The van der Waals surface area contributed by atoms with Crippen LogP contribution in [0.25, 0.3) is 0 Å². The average Bonchev–Trinajstić information content (AvgIpc) is 2.66. The third kappa shape index (κ3) is 3.50. The lowest BCUT2D eigenvalue weighted by atomic mass is 10.4. The maximum Gasteiger partial charge on any atom is 0.345 e. The maximum absolute atomic E-state index is 10.8. The van der Waals surface area contributed by atoms with Crippen LogP contribution in [0, 0.1) is 10.1 Å². The largest absolute Gasteiger partial charge is 0.361 e. The number of anilines is 1. The van der Waals surface area contributed by atoms with Crippen LogP contribution in [0.2, 0.25) is 0 Å². The zero-order valence-corrected chi connectivity index (χ0v) is 8.84. The molecule has 1 heterocycles. The first-order valence-corrected chi connectivity index (χ1v) is 5.00. The molecule has 82 valence electrons. The molecular weight excluding hydrogens is 220 g/mol. The van der Waals surface area contributed by atoms with Crippen LogP contribution in [0.3, 0.4) is 0 Å². The smallest absolute Gasteiger partial charge is 0.345 e. The van der Waals surface area contributed by atoms with Crippen LogP contribution in [0.1, 0.15) is 6.42 Å². The van der Waals surface area contributed by atoms with Crippen molar-refractivity contribution in [2.45, 2.75) is 6.42 Å². The Morgan fingerprint density at radius 1 is 1.73 bits per heavy atom. The van der Waals surface area contributed by atoms with Gasteiger partial charge in [0.05, 0.1) is 4.92 Å². The molecule has 0 aliphatic carbocycles. The number of nitrogens with one attached hydrogen (secondary N) is 2. The van der Waals surface area contributed by atoms with Gasteiger partial charge in [-0.15, -0.1) is 0 Å².